The molecule has 0 N–H and O–H groups in total. The van der Waals surface area contributed by atoms with Gasteiger partial charge in [0.2, 0.25) is 0 Å². The topological polar surface area (TPSA) is 106 Å². The molecule has 0 radical (unpaired) electrons. The van der Waals surface area contributed by atoms with Crippen molar-refractivity contribution in [3.05, 3.63) is 79.4 Å². The zero-order valence-corrected chi connectivity index (χ0v) is 19.3. The molecule has 12 heteroatoms. The number of halogens is 3. The molecule has 0 amide bonds. The molecule has 0 atom stereocenters. The average Bonchev–Trinajstić information content (AvgIpc) is 3.31. The number of hydrogen-bond acceptors (Lipinski definition) is 7. The summed E-state index contributed by atoms with van der Waals surface area (Å²) in [7, 11) is 0. The Morgan fingerprint density at radius 1 is 1.17 bits per heavy atom. The molecule has 2 aliphatic rings. The van der Waals surface area contributed by atoms with Crippen molar-refractivity contribution < 1.29 is 17.9 Å². The van der Waals surface area contributed by atoms with Gasteiger partial charge in [0.05, 0.1) is 24.4 Å². The lowest BCUT2D eigenvalue weighted by Gasteiger charge is -2.49. The number of benzene rings is 1. The molecular formula is C24H21F3N6O3. The smallest absolute Gasteiger partial charge is 0.339 e. The highest BCUT2D eigenvalue weighted by Crippen LogP contribution is 2.41. The molecule has 2 aliphatic heterocycles. The van der Waals surface area contributed by atoms with Gasteiger partial charge in [-0.3, -0.25) is 9.36 Å². The number of nitrogens with zero attached hydrogens (tertiary/aromatic N) is 6. The van der Waals surface area contributed by atoms with Crippen molar-refractivity contribution in [1.82, 2.24) is 19.3 Å². The van der Waals surface area contributed by atoms with Crippen molar-refractivity contribution >= 4 is 5.82 Å². The highest BCUT2D eigenvalue weighted by Gasteiger charge is 2.47. The number of aryl methyl sites for hydroxylation is 1. The minimum absolute atomic E-state index is 0.00628. The molecule has 0 aliphatic carbocycles. The summed E-state index contributed by atoms with van der Waals surface area (Å²) in [6.45, 7) is 3.42. The van der Waals surface area contributed by atoms with Gasteiger partial charge in [0.25, 0.3) is 5.56 Å². The summed E-state index contributed by atoms with van der Waals surface area (Å²) in [5.74, 6) is -4.27. The maximum Gasteiger partial charge on any atom is 0.339 e. The van der Waals surface area contributed by atoms with Crippen molar-refractivity contribution in [2.24, 2.45) is 5.41 Å². The second-order valence-electron chi connectivity index (χ2n) is 9.27. The third kappa shape index (κ3) is 3.95. The number of ether oxygens (including phenoxy) is 1. The van der Waals surface area contributed by atoms with Crippen molar-refractivity contribution in [2.45, 2.75) is 26.3 Å². The monoisotopic (exact) mass is 498 g/mol. The van der Waals surface area contributed by atoms with Gasteiger partial charge < -0.3 is 9.64 Å². The van der Waals surface area contributed by atoms with Gasteiger partial charge in [-0.25, -0.2) is 22.5 Å². The zero-order valence-electron chi connectivity index (χ0n) is 19.3. The highest BCUT2D eigenvalue weighted by molar-refractivity contribution is 5.53. The molecule has 1 aromatic carbocycles. The Hall–Kier alpha value is -3.98. The van der Waals surface area contributed by atoms with Crippen molar-refractivity contribution in [3.63, 3.8) is 0 Å². The van der Waals surface area contributed by atoms with Gasteiger partial charge in [-0.15, -0.1) is 5.10 Å². The molecule has 0 saturated carbocycles. The lowest BCUT2D eigenvalue weighted by atomic mass is 9.79. The fourth-order valence-electron chi connectivity index (χ4n) is 4.91. The molecule has 0 bridgehead atoms. The van der Waals surface area contributed by atoms with E-state index in [0.29, 0.717) is 31.9 Å². The fourth-order valence-corrected chi connectivity index (χ4v) is 4.91. The summed E-state index contributed by atoms with van der Waals surface area (Å²) in [6, 6.07) is 5.05. The number of rotatable bonds is 5. The van der Waals surface area contributed by atoms with Gasteiger partial charge in [-0.05, 0) is 42.7 Å². The van der Waals surface area contributed by atoms with E-state index in [2.05, 4.69) is 10.2 Å². The molecule has 3 aromatic rings. The Balaban J connectivity index is 1.73. The Kier molecular flexibility index (Phi) is 5.88. The summed E-state index contributed by atoms with van der Waals surface area (Å²) in [5.41, 5.74) is -1.04. The van der Waals surface area contributed by atoms with Crippen LogP contribution in [-0.2, 0) is 17.7 Å². The van der Waals surface area contributed by atoms with Crippen LogP contribution in [0.25, 0.3) is 5.82 Å². The predicted octanol–water partition coefficient (Wildman–Crippen LogP) is 1.86. The molecule has 0 unspecified atom stereocenters. The Morgan fingerprint density at radius 3 is 2.50 bits per heavy atom. The van der Waals surface area contributed by atoms with Crippen LogP contribution >= 0.6 is 0 Å². The van der Waals surface area contributed by atoms with Crippen LogP contribution in [0.2, 0.25) is 0 Å². The lowest BCUT2D eigenvalue weighted by Crippen LogP contribution is -2.59. The van der Waals surface area contributed by atoms with E-state index in [4.69, 9.17) is 4.74 Å². The van der Waals surface area contributed by atoms with Gasteiger partial charge in [-0.2, -0.15) is 10.4 Å². The summed E-state index contributed by atoms with van der Waals surface area (Å²) >= 11 is 0. The molecule has 2 saturated heterocycles. The first-order chi connectivity index (χ1) is 17.2. The molecule has 5 rings (SSSR count). The lowest BCUT2D eigenvalue weighted by molar-refractivity contribution is 0.130. The maximum atomic E-state index is 14.0. The molecular weight excluding hydrogens is 477 g/mol. The van der Waals surface area contributed by atoms with Crippen LogP contribution in [0.3, 0.4) is 0 Å². The predicted molar refractivity (Wildman–Crippen MR) is 121 cm³/mol. The molecule has 36 heavy (non-hydrogen) atoms. The van der Waals surface area contributed by atoms with Crippen LogP contribution in [-0.4, -0.2) is 45.6 Å². The van der Waals surface area contributed by atoms with E-state index in [-0.39, 0.29) is 41.1 Å². The van der Waals surface area contributed by atoms with E-state index in [1.807, 2.05) is 6.07 Å². The summed E-state index contributed by atoms with van der Waals surface area (Å²) < 4.78 is 49.0. The third-order valence-corrected chi connectivity index (χ3v) is 6.61. The molecule has 4 heterocycles. The number of hydrogen-bond donors (Lipinski definition) is 0. The van der Waals surface area contributed by atoms with Crippen LogP contribution in [0.1, 0.15) is 23.1 Å². The Bertz CT molecular complexity index is 1490. The van der Waals surface area contributed by atoms with Gasteiger partial charge in [0.1, 0.15) is 12.4 Å². The van der Waals surface area contributed by atoms with Gasteiger partial charge in [0.15, 0.2) is 23.3 Å². The van der Waals surface area contributed by atoms with E-state index in [9.17, 15) is 28.0 Å². The van der Waals surface area contributed by atoms with Gasteiger partial charge >= 0.3 is 5.69 Å². The largest absolute Gasteiger partial charge is 0.381 e. The van der Waals surface area contributed by atoms with E-state index >= 15 is 0 Å². The minimum Gasteiger partial charge on any atom is -0.381 e. The molecule has 1 spiro atoms. The summed E-state index contributed by atoms with van der Waals surface area (Å²) in [6.07, 6.45) is 1.95. The fraction of sp³-hybridized carbons (Fsp3) is 0.375. The summed E-state index contributed by atoms with van der Waals surface area (Å²) in [5, 5.41) is 17.2. The van der Waals surface area contributed by atoms with Crippen LogP contribution in [0.5, 0.6) is 0 Å². The minimum atomic E-state index is -1.62. The maximum absolute atomic E-state index is 14.0. The van der Waals surface area contributed by atoms with Crippen LogP contribution < -0.4 is 16.1 Å². The normalized spacial score (nSPS) is 16.2. The Morgan fingerprint density at radius 2 is 1.89 bits per heavy atom. The standard InChI is InChI=1S/C24H21F3N6O3/c1-14-6-19(30-29-10-14)33-22(34)16(7-15-8-17(25)20(27)18(26)9-15)21(32(4-3-28)23(33)35)31-11-24(12-31)2-5-36-13-24/h6,8-10H,2,4-5,7,11-13H2,1H3. The number of aromatic nitrogens is 4. The first kappa shape index (κ1) is 23.7. The SMILES string of the molecule is Cc1cnnc(-n2c(=O)c(Cc3cc(F)c(F)c(F)c3)c(N3CC4(CCOC4)C3)n(CC#N)c2=O)c1. The van der Waals surface area contributed by atoms with Crippen molar-refractivity contribution in [1.29, 1.82) is 5.26 Å². The molecule has 2 aromatic heterocycles. The third-order valence-electron chi connectivity index (χ3n) is 6.61. The summed E-state index contributed by atoms with van der Waals surface area (Å²) in [4.78, 5) is 29.1. The molecule has 9 nitrogen and oxygen atoms in total. The van der Waals surface area contributed by atoms with Crippen molar-refractivity contribution in [3.8, 4) is 11.9 Å². The molecule has 2 fully saturated rings. The van der Waals surface area contributed by atoms with E-state index in [0.717, 1.165) is 27.7 Å². The first-order valence-corrected chi connectivity index (χ1v) is 11.2. The van der Waals surface area contributed by atoms with Gasteiger partial charge in [0, 0.05) is 31.5 Å². The number of anilines is 1. The molecule has 186 valence electrons. The second-order valence-corrected chi connectivity index (χ2v) is 9.27. The van der Waals surface area contributed by atoms with Gasteiger partial charge in [-0.1, -0.05) is 0 Å². The van der Waals surface area contributed by atoms with Crippen LogP contribution in [0.15, 0.2) is 34.0 Å². The van der Waals surface area contributed by atoms with Crippen LogP contribution in [0.4, 0.5) is 19.0 Å². The average molecular weight is 498 g/mol. The van der Waals surface area contributed by atoms with Crippen LogP contribution in [0, 0.1) is 41.1 Å². The second kappa shape index (κ2) is 8.91. The highest BCUT2D eigenvalue weighted by atomic mass is 19.2. The van der Waals surface area contributed by atoms with Crippen molar-refractivity contribution in [2.75, 3.05) is 31.2 Å². The quantitative estimate of drug-likeness (QED) is 0.495. The van der Waals surface area contributed by atoms with E-state index < -0.39 is 28.7 Å². The Labute approximate surface area is 203 Å². The van der Waals surface area contributed by atoms with E-state index in [1.54, 1.807) is 11.8 Å². The van der Waals surface area contributed by atoms with E-state index in [1.165, 1.54) is 12.3 Å². The first-order valence-electron chi connectivity index (χ1n) is 11.2. The zero-order chi connectivity index (χ0) is 25.6. The number of nitriles is 1.